The number of rotatable bonds is 3. The Labute approximate surface area is 131 Å². The largest absolute Gasteiger partial charge is 0.474 e. The predicted molar refractivity (Wildman–Crippen MR) is 82.8 cm³/mol. The quantitative estimate of drug-likeness (QED) is 0.859. The van der Waals surface area contributed by atoms with E-state index in [2.05, 4.69) is 9.97 Å². The van der Waals surface area contributed by atoms with Crippen molar-refractivity contribution < 1.29 is 14.3 Å². The molecule has 22 heavy (non-hydrogen) atoms. The van der Waals surface area contributed by atoms with Crippen molar-refractivity contribution in [2.24, 2.45) is 0 Å². The van der Waals surface area contributed by atoms with Gasteiger partial charge in [0.2, 0.25) is 5.88 Å². The van der Waals surface area contributed by atoms with Crippen LogP contribution in [0.3, 0.4) is 0 Å². The molecule has 1 amide bonds. The van der Waals surface area contributed by atoms with Gasteiger partial charge in [-0.3, -0.25) is 4.98 Å². The third-order valence-corrected chi connectivity index (χ3v) is 3.50. The number of hydrogen-bond acceptors (Lipinski definition) is 5. The third kappa shape index (κ3) is 4.58. The van der Waals surface area contributed by atoms with E-state index in [4.69, 9.17) is 9.47 Å². The van der Waals surface area contributed by atoms with Gasteiger partial charge >= 0.3 is 6.09 Å². The summed E-state index contributed by atoms with van der Waals surface area (Å²) in [4.78, 5) is 22.4. The van der Waals surface area contributed by atoms with Gasteiger partial charge in [-0.25, -0.2) is 9.78 Å². The number of carbonyl (C=O) groups excluding carboxylic acids is 1. The Balaban J connectivity index is 1.98. The molecule has 122 valence electrons. The first-order valence-corrected chi connectivity index (χ1v) is 7.77. The molecule has 1 unspecified atom stereocenters. The van der Waals surface area contributed by atoms with Gasteiger partial charge < -0.3 is 14.4 Å². The van der Waals surface area contributed by atoms with Gasteiger partial charge in [0.25, 0.3) is 0 Å². The highest BCUT2D eigenvalue weighted by Crippen LogP contribution is 2.21. The summed E-state index contributed by atoms with van der Waals surface area (Å²) in [6, 6.07) is 0.0185. The molecule has 0 radical (unpaired) electrons. The maximum Gasteiger partial charge on any atom is 0.410 e. The van der Waals surface area contributed by atoms with E-state index in [0.29, 0.717) is 19.0 Å². The topological polar surface area (TPSA) is 64.6 Å². The fraction of sp³-hybridized carbons (Fsp3) is 0.688. The van der Waals surface area contributed by atoms with Crippen molar-refractivity contribution in [1.29, 1.82) is 0 Å². The maximum absolute atomic E-state index is 12.3. The Bertz CT molecular complexity index is 514. The third-order valence-electron chi connectivity index (χ3n) is 3.50. The minimum atomic E-state index is -0.485. The van der Waals surface area contributed by atoms with Crippen LogP contribution in [-0.4, -0.2) is 45.8 Å². The monoisotopic (exact) mass is 307 g/mol. The number of hydrogen-bond donors (Lipinski definition) is 0. The Kier molecular flexibility index (Phi) is 5.21. The second kappa shape index (κ2) is 6.94. The predicted octanol–water partition coefficient (Wildman–Crippen LogP) is 2.95. The summed E-state index contributed by atoms with van der Waals surface area (Å²) in [6.45, 7) is 8.62. The molecule has 1 aliphatic heterocycles. The molecule has 0 bridgehead atoms. The molecule has 0 spiro atoms. The van der Waals surface area contributed by atoms with E-state index in [1.807, 2.05) is 27.7 Å². The summed E-state index contributed by atoms with van der Waals surface area (Å²) in [6.07, 6.45) is 5.98. The zero-order chi connectivity index (χ0) is 16.2. The first kappa shape index (κ1) is 16.5. The molecule has 2 rings (SSSR count). The van der Waals surface area contributed by atoms with Crippen LogP contribution >= 0.6 is 0 Å². The van der Waals surface area contributed by atoms with Gasteiger partial charge in [0.05, 0.1) is 11.7 Å². The lowest BCUT2D eigenvalue weighted by atomic mass is 10.0. The van der Waals surface area contributed by atoms with Crippen molar-refractivity contribution in [3.8, 4) is 5.88 Å². The van der Waals surface area contributed by atoms with E-state index in [0.717, 1.165) is 25.0 Å². The van der Waals surface area contributed by atoms with Crippen LogP contribution in [-0.2, 0) is 4.74 Å². The smallest absolute Gasteiger partial charge is 0.410 e. The Morgan fingerprint density at radius 2 is 2.05 bits per heavy atom. The van der Waals surface area contributed by atoms with E-state index >= 15 is 0 Å². The van der Waals surface area contributed by atoms with Gasteiger partial charge in [-0.2, -0.15) is 0 Å². The molecule has 0 aromatic carbocycles. The summed E-state index contributed by atoms with van der Waals surface area (Å²) in [7, 11) is 0. The van der Waals surface area contributed by atoms with Crippen LogP contribution in [0.5, 0.6) is 5.88 Å². The molecular weight excluding hydrogens is 282 g/mol. The van der Waals surface area contributed by atoms with E-state index in [9.17, 15) is 4.79 Å². The van der Waals surface area contributed by atoms with Crippen molar-refractivity contribution in [3.63, 3.8) is 0 Å². The molecule has 1 aliphatic rings. The lowest BCUT2D eigenvalue weighted by Crippen LogP contribution is -2.48. The van der Waals surface area contributed by atoms with Crippen LogP contribution in [0.1, 0.15) is 45.7 Å². The van der Waals surface area contributed by atoms with Crippen molar-refractivity contribution in [2.75, 3.05) is 13.2 Å². The lowest BCUT2D eigenvalue weighted by molar-refractivity contribution is 0.00330. The molecule has 0 aliphatic carbocycles. The summed E-state index contributed by atoms with van der Waals surface area (Å²) in [5.74, 6) is 0.525. The van der Waals surface area contributed by atoms with Gasteiger partial charge in [-0.15, -0.1) is 0 Å². The van der Waals surface area contributed by atoms with E-state index < -0.39 is 5.60 Å². The number of aryl methyl sites for hydroxylation is 1. The number of ether oxygens (including phenoxy) is 2. The minimum Gasteiger partial charge on any atom is -0.474 e. The second-order valence-corrected chi connectivity index (χ2v) is 6.58. The zero-order valence-electron chi connectivity index (χ0n) is 13.8. The van der Waals surface area contributed by atoms with Gasteiger partial charge in [-0.1, -0.05) is 0 Å². The van der Waals surface area contributed by atoms with Crippen molar-refractivity contribution >= 4 is 6.09 Å². The lowest BCUT2D eigenvalue weighted by Gasteiger charge is -2.36. The fourth-order valence-electron chi connectivity index (χ4n) is 2.45. The van der Waals surface area contributed by atoms with Crippen LogP contribution in [0.4, 0.5) is 4.79 Å². The van der Waals surface area contributed by atoms with Crippen LogP contribution in [0.2, 0.25) is 0 Å². The van der Waals surface area contributed by atoms with Gasteiger partial charge in [0.1, 0.15) is 12.2 Å². The van der Waals surface area contributed by atoms with Crippen LogP contribution in [0.15, 0.2) is 12.4 Å². The number of aromatic nitrogens is 2. The summed E-state index contributed by atoms with van der Waals surface area (Å²) < 4.78 is 11.3. The number of piperidine rings is 1. The van der Waals surface area contributed by atoms with Crippen LogP contribution in [0, 0.1) is 6.92 Å². The Hall–Kier alpha value is -1.85. The minimum absolute atomic E-state index is 0.0185. The summed E-state index contributed by atoms with van der Waals surface area (Å²) in [5.41, 5.74) is 0.267. The highest BCUT2D eigenvalue weighted by Gasteiger charge is 2.31. The fourth-order valence-corrected chi connectivity index (χ4v) is 2.45. The molecule has 1 atom stereocenters. The molecule has 1 saturated heterocycles. The van der Waals surface area contributed by atoms with Crippen molar-refractivity contribution in [2.45, 2.75) is 58.6 Å². The number of nitrogens with zero attached hydrogens (tertiary/aromatic N) is 3. The van der Waals surface area contributed by atoms with Crippen LogP contribution < -0.4 is 4.74 Å². The van der Waals surface area contributed by atoms with Gasteiger partial charge in [0, 0.05) is 18.9 Å². The molecule has 0 N–H and O–H groups in total. The maximum atomic E-state index is 12.3. The molecule has 1 fully saturated rings. The summed E-state index contributed by atoms with van der Waals surface area (Å²) in [5, 5.41) is 0. The highest BCUT2D eigenvalue weighted by atomic mass is 16.6. The molecule has 2 heterocycles. The SMILES string of the molecule is Cc1nccnc1OCC1CCCCN1C(=O)OC(C)(C)C. The Morgan fingerprint density at radius 1 is 1.32 bits per heavy atom. The Morgan fingerprint density at radius 3 is 2.73 bits per heavy atom. The van der Waals surface area contributed by atoms with Crippen molar-refractivity contribution in [1.82, 2.24) is 14.9 Å². The second-order valence-electron chi connectivity index (χ2n) is 6.58. The summed E-state index contributed by atoms with van der Waals surface area (Å²) >= 11 is 0. The van der Waals surface area contributed by atoms with E-state index in [1.54, 1.807) is 17.3 Å². The van der Waals surface area contributed by atoms with E-state index in [-0.39, 0.29) is 12.1 Å². The first-order valence-electron chi connectivity index (χ1n) is 7.77. The van der Waals surface area contributed by atoms with Gasteiger partial charge in [-0.05, 0) is 47.0 Å². The molecule has 6 heteroatoms. The van der Waals surface area contributed by atoms with Gasteiger partial charge in [0.15, 0.2) is 0 Å². The standard InChI is InChI=1S/C16H25N3O3/c1-12-14(18-9-8-17-12)21-11-13-7-5-6-10-19(13)15(20)22-16(2,3)4/h8-9,13H,5-7,10-11H2,1-4H3. The number of likely N-dealkylation sites (tertiary alicyclic amines) is 1. The molecule has 1 aromatic rings. The number of amides is 1. The average molecular weight is 307 g/mol. The van der Waals surface area contributed by atoms with Crippen molar-refractivity contribution in [3.05, 3.63) is 18.1 Å². The normalized spacial score (nSPS) is 18.9. The zero-order valence-corrected chi connectivity index (χ0v) is 13.8. The molecule has 6 nitrogen and oxygen atoms in total. The average Bonchev–Trinajstić information content (AvgIpc) is 2.45. The highest BCUT2D eigenvalue weighted by molar-refractivity contribution is 5.68. The van der Waals surface area contributed by atoms with E-state index in [1.165, 1.54) is 0 Å². The van der Waals surface area contributed by atoms with Crippen LogP contribution in [0.25, 0.3) is 0 Å². The number of carbonyl (C=O) groups is 1. The molecular formula is C16H25N3O3. The molecule has 0 saturated carbocycles. The molecule has 1 aromatic heterocycles. The first-order chi connectivity index (χ1) is 10.4.